The first kappa shape index (κ1) is 13.9. The van der Waals surface area contributed by atoms with E-state index in [9.17, 15) is 4.79 Å². The fraction of sp³-hybridized carbons (Fsp3) is 0.286. The molecule has 0 aromatic carbocycles. The smallest absolute Gasteiger partial charge is 0.361 e. The van der Waals surface area contributed by atoms with Gasteiger partial charge in [-0.3, -0.25) is 4.98 Å². The van der Waals surface area contributed by atoms with Crippen LogP contribution < -0.4 is 0 Å². The molecule has 0 fully saturated rings. The Morgan fingerprint density at radius 1 is 1.45 bits per heavy atom. The Balaban J connectivity index is 2.16. The molecule has 2 aromatic rings. The minimum absolute atomic E-state index is 0.157. The van der Waals surface area contributed by atoms with Crippen molar-refractivity contribution in [2.45, 2.75) is 20.4 Å². The highest BCUT2D eigenvalue weighted by Gasteiger charge is 2.17. The van der Waals surface area contributed by atoms with Crippen LogP contribution in [0, 0.1) is 13.8 Å². The SMILES string of the molecule is C=CCOC(=O)c1nnn(Cc2cccc(C)n2)c1C. The number of pyridine rings is 1. The number of esters is 1. The first-order chi connectivity index (χ1) is 9.61. The van der Waals surface area contributed by atoms with E-state index in [4.69, 9.17) is 4.74 Å². The number of carbonyl (C=O) groups is 1. The highest BCUT2D eigenvalue weighted by molar-refractivity contribution is 5.88. The van der Waals surface area contributed by atoms with Gasteiger partial charge in [-0.1, -0.05) is 23.9 Å². The van der Waals surface area contributed by atoms with Gasteiger partial charge in [-0.25, -0.2) is 9.48 Å². The van der Waals surface area contributed by atoms with Gasteiger partial charge in [0.25, 0.3) is 0 Å². The molecule has 0 aliphatic carbocycles. The first-order valence-corrected chi connectivity index (χ1v) is 6.22. The number of ether oxygens (including phenoxy) is 1. The third-order valence-corrected chi connectivity index (χ3v) is 2.77. The predicted molar refractivity (Wildman–Crippen MR) is 73.3 cm³/mol. The van der Waals surface area contributed by atoms with Gasteiger partial charge in [0.2, 0.25) is 0 Å². The summed E-state index contributed by atoms with van der Waals surface area (Å²) in [5.74, 6) is -0.495. The number of rotatable bonds is 5. The Bertz CT molecular complexity index is 634. The van der Waals surface area contributed by atoms with Crippen LogP contribution in [-0.4, -0.2) is 32.6 Å². The van der Waals surface area contributed by atoms with E-state index in [1.54, 1.807) is 11.6 Å². The quantitative estimate of drug-likeness (QED) is 0.612. The summed E-state index contributed by atoms with van der Waals surface area (Å²) < 4.78 is 6.58. The molecule has 104 valence electrons. The third-order valence-electron chi connectivity index (χ3n) is 2.77. The van der Waals surface area contributed by atoms with E-state index in [0.717, 1.165) is 11.4 Å². The second kappa shape index (κ2) is 6.10. The van der Waals surface area contributed by atoms with Crippen LogP contribution in [0.4, 0.5) is 0 Å². The van der Waals surface area contributed by atoms with Crippen LogP contribution in [-0.2, 0) is 11.3 Å². The van der Waals surface area contributed by atoms with E-state index in [-0.39, 0.29) is 12.3 Å². The maximum atomic E-state index is 11.7. The minimum Gasteiger partial charge on any atom is -0.457 e. The maximum Gasteiger partial charge on any atom is 0.361 e. The fourth-order valence-electron chi connectivity index (χ4n) is 1.74. The zero-order valence-electron chi connectivity index (χ0n) is 11.5. The van der Waals surface area contributed by atoms with Crippen molar-refractivity contribution in [1.82, 2.24) is 20.0 Å². The Morgan fingerprint density at radius 2 is 2.25 bits per heavy atom. The first-order valence-electron chi connectivity index (χ1n) is 6.22. The van der Waals surface area contributed by atoms with Crippen molar-refractivity contribution in [1.29, 1.82) is 0 Å². The number of hydrogen-bond donors (Lipinski definition) is 0. The van der Waals surface area contributed by atoms with Crippen molar-refractivity contribution in [3.05, 3.63) is 53.6 Å². The number of hydrogen-bond acceptors (Lipinski definition) is 5. The Labute approximate surface area is 117 Å². The highest BCUT2D eigenvalue weighted by atomic mass is 16.5. The average molecular weight is 272 g/mol. The van der Waals surface area contributed by atoms with Crippen molar-refractivity contribution < 1.29 is 9.53 Å². The molecule has 6 heteroatoms. The molecule has 0 aliphatic rings. The van der Waals surface area contributed by atoms with Gasteiger partial charge >= 0.3 is 5.97 Å². The lowest BCUT2D eigenvalue weighted by molar-refractivity contribution is 0.0542. The van der Waals surface area contributed by atoms with Crippen LogP contribution in [0.2, 0.25) is 0 Å². The molecule has 0 bridgehead atoms. The van der Waals surface area contributed by atoms with Crippen molar-refractivity contribution in [3.8, 4) is 0 Å². The Kier molecular flexibility index (Phi) is 4.24. The molecule has 2 heterocycles. The second-order valence-electron chi connectivity index (χ2n) is 4.34. The van der Waals surface area contributed by atoms with Crippen LogP contribution in [0.15, 0.2) is 30.9 Å². The molecule has 6 nitrogen and oxygen atoms in total. The molecule has 0 radical (unpaired) electrons. The fourth-order valence-corrected chi connectivity index (χ4v) is 1.74. The normalized spacial score (nSPS) is 10.3. The molecule has 0 saturated heterocycles. The van der Waals surface area contributed by atoms with E-state index >= 15 is 0 Å². The monoisotopic (exact) mass is 272 g/mol. The summed E-state index contributed by atoms with van der Waals surface area (Å²) in [4.78, 5) is 16.1. The zero-order valence-corrected chi connectivity index (χ0v) is 11.5. The van der Waals surface area contributed by atoms with E-state index in [2.05, 4.69) is 21.9 Å². The largest absolute Gasteiger partial charge is 0.457 e. The average Bonchev–Trinajstić information content (AvgIpc) is 2.78. The molecule has 0 saturated carbocycles. The van der Waals surface area contributed by atoms with E-state index in [0.29, 0.717) is 12.2 Å². The second-order valence-corrected chi connectivity index (χ2v) is 4.34. The summed E-state index contributed by atoms with van der Waals surface area (Å²) in [5.41, 5.74) is 2.68. The lowest BCUT2D eigenvalue weighted by atomic mass is 10.3. The summed E-state index contributed by atoms with van der Waals surface area (Å²) in [5, 5.41) is 7.83. The molecule has 0 unspecified atom stereocenters. The summed E-state index contributed by atoms with van der Waals surface area (Å²) in [6, 6.07) is 5.77. The van der Waals surface area contributed by atoms with Crippen LogP contribution in [0.5, 0.6) is 0 Å². The van der Waals surface area contributed by atoms with Gasteiger partial charge in [0.1, 0.15) is 6.61 Å². The molecule has 0 N–H and O–H groups in total. The van der Waals surface area contributed by atoms with E-state index in [1.807, 2.05) is 25.1 Å². The van der Waals surface area contributed by atoms with Gasteiger partial charge in [0.05, 0.1) is 17.9 Å². The van der Waals surface area contributed by atoms with E-state index in [1.165, 1.54) is 6.08 Å². The Hall–Kier alpha value is -2.50. The summed E-state index contributed by atoms with van der Waals surface area (Å²) in [6.07, 6.45) is 1.51. The Morgan fingerprint density at radius 3 is 2.95 bits per heavy atom. The van der Waals surface area contributed by atoms with Crippen molar-refractivity contribution in [3.63, 3.8) is 0 Å². The number of nitrogens with zero attached hydrogens (tertiary/aromatic N) is 4. The lowest BCUT2D eigenvalue weighted by Gasteiger charge is -2.04. The topological polar surface area (TPSA) is 69.9 Å². The van der Waals surface area contributed by atoms with Gasteiger partial charge in [-0.2, -0.15) is 0 Å². The minimum atomic E-state index is -0.495. The molecule has 2 aromatic heterocycles. The van der Waals surface area contributed by atoms with Crippen molar-refractivity contribution in [2.75, 3.05) is 6.61 Å². The molecule has 2 rings (SSSR count). The zero-order chi connectivity index (χ0) is 14.5. The van der Waals surface area contributed by atoms with Gasteiger partial charge in [-0.15, -0.1) is 5.10 Å². The van der Waals surface area contributed by atoms with Crippen LogP contribution in [0.3, 0.4) is 0 Å². The predicted octanol–water partition coefficient (Wildman–Crippen LogP) is 1.68. The highest BCUT2D eigenvalue weighted by Crippen LogP contribution is 2.08. The van der Waals surface area contributed by atoms with Gasteiger partial charge in [0.15, 0.2) is 5.69 Å². The molecule has 20 heavy (non-hydrogen) atoms. The molecule has 0 amide bonds. The van der Waals surface area contributed by atoms with Gasteiger partial charge in [0, 0.05) is 5.69 Å². The summed E-state index contributed by atoms with van der Waals surface area (Å²) in [7, 11) is 0. The number of aryl methyl sites for hydroxylation is 1. The standard InChI is InChI=1S/C14H16N4O2/c1-4-8-20-14(19)13-11(3)18(17-16-13)9-12-7-5-6-10(2)15-12/h4-7H,1,8-9H2,2-3H3. The van der Waals surface area contributed by atoms with E-state index < -0.39 is 5.97 Å². The number of aromatic nitrogens is 4. The summed E-state index contributed by atoms with van der Waals surface area (Å²) in [6.45, 7) is 7.82. The van der Waals surface area contributed by atoms with Crippen molar-refractivity contribution in [2.24, 2.45) is 0 Å². The molecule has 0 aliphatic heterocycles. The maximum absolute atomic E-state index is 11.7. The van der Waals surface area contributed by atoms with Crippen LogP contribution >= 0.6 is 0 Å². The van der Waals surface area contributed by atoms with Gasteiger partial charge in [-0.05, 0) is 26.0 Å². The van der Waals surface area contributed by atoms with Crippen molar-refractivity contribution >= 4 is 5.97 Å². The number of carbonyl (C=O) groups excluding carboxylic acids is 1. The molecule has 0 atom stereocenters. The van der Waals surface area contributed by atoms with Gasteiger partial charge < -0.3 is 4.74 Å². The molecule has 0 spiro atoms. The summed E-state index contributed by atoms with van der Waals surface area (Å²) >= 11 is 0. The van der Waals surface area contributed by atoms with Crippen LogP contribution in [0.1, 0.15) is 27.6 Å². The van der Waals surface area contributed by atoms with Crippen LogP contribution in [0.25, 0.3) is 0 Å². The lowest BCUT2D eigenvalue weighted by Crippen LogP contribution is -2.09. The molecular formula is C14H16N4O2. The third kappa shape index (κ3) is 3.09. The molecular weight excluding hydrogens is 256 g/mol.